The number of anilines is 3. The number of H-pyrrole nitrogens is 1. The molecular weight excluding hydrogens is 390 g/mol. The molecule has 0 aliphatic carbocycles. The second kappa shape index (κ2) is 7.41. The molecule has 1 aliphatic rings. The number of benzene rings is 2. The van der Waals surface area contributed by atoms with Gasteiger partial charge in [0.2, 0.25) is 0 Å². The maximum atomic E-state index is 5.45. The van der Waals surface area contributed by atoms with Gasteiger partial charge in [-0.05, 0) is 42.0 Å². The molecule has 1 aliphatic heterocycles. The summed E-state index contributed by atoms with van der Waals surface area (Å²) >= 11 is 0. The van der Waals surface area contributed by atoms with Gasteiger partial charge < -0.3 is 15.0 Å². The SMILES string of the molecule is c1cn2c(n1)c(Nc1ccc(N3CCOCC3)cc1)nc1cc(-c3cn[nH]c3)ccc12. The molecule has 1 saturated heterocycles. The van der Waals surface area contributed by atoms with Crippen molar-refractivity contribution in [3.8, 4) is 11.1 Å². The van der Waals surface area contributed by atoms with Crippen LogP contribution in [0.3, 0.4) is 0 Å². The van der Waals surface area contributed by atoms with Crippen LogP contribution in [-0.4, -0.2) is 50.9 Å². The summed E-state index contributed by atoms with van der Waals surface area (Å²) in [4.78, 5) is 11.8. The maximum absolute atomic E-state index is 5.45. The minimum atomic E-state index is 0.723. The van der Waals surface area contributed by atoms with Crippen LogP contribution in [0.4, 0.5) is 17.2 Å². The van der Waals surface area contributed by atoms with Gasteiger partial charge in [-0.2, -0.15) is 5.10 Å². The summed E-state index contributed by atoms with van der Waals surface area (Å²) in [5.41, 5.74) is 6.96. The van der Waals surface area contributed by atoms with Gasteiger partial charge in [0, 0.05) is 48.6 Å². The number of imidazole rings is 1. The standard InChI is InChI=1S/C23H21N7O/c1-6-21-20(13-16(1)17-14-25-26-15-17)28-22(23-24-7-8-30(21)23)27-18-2-4-19(5-3-18)29-9-11-31-12-10-29/h1-8,13-15H,9-12H2,(H,25,26)(H,27,28). The van der Waals surface area contributed by atoms with Crippen molar-refractivity contribution in [2.24, 2.45) is 0 Å². The van der Waals surface area contributed by atoms with Crippen LogP contribution in [0.15, 0.2) is 67.3 Å². The van der Waals surface area contributed by atoms with Crippen LogP contribution in [0.2, 0.25) is 0 Å². The number of aromatic nitrogens is 5. The van der Waals surface area contributed by atoms with Gasteiger partial charge in [0.1, 0.15) is 0 Å². The Hall–Kier alpha value is -3.91. The van der Waals surface area contributed by atoms with Gasteiger partial charge in [-0.3, -0.25) is 9.50 Å². The molecule has 5 aromatic rings. The van der Waals surface area contributed by atoms with E-state index >= 15 is 0 Å². The summed E-state index contributed by atoms with van der Waals surface area (Å²) in [6.07, 6.45) is 7.45. The van der Waals surface area contributed by atoms with Gasteiger partial charge in [-0.25, -0.2) is 9.97 Å². The molecule has 0 bridgehead atoms. The molecule has 1 fully saturated rings. The summed E-state index contributed by atoms with van der Waals surface area (Å²) in [6.45, 7) is 3.40. The van der Waals surface area contributed by atoms with E-state index < -0.39 is 0 Å². The molecule has 8 nitrogen and oxygen atoms in total. The molecule has 154 valence electrons. The lowest BCUT2D eigenvalue weighted by Gasteiger charge is -2.28. The van der Waals surface area contributed by atoms with E-state index in [0.29, 0.717) is 0 Å². The zero-order valence-electron chi connectivity index (χ0n) is 16.8. The van der Waals surface area contributed by atoms with Crippen LogP contribution in [0, 0.1) is 0 Å². The Bertz CT molecular complexity index is 1340. The predicted molar refractivity (Wildman–Crippen MR) is 121 cm³/mol. The lowest BCUT2D eigenvalue weighted by Crippen LogP contribution is -2.36. The maximum Gasteiger partial charge on any atom is 0.180 e. The third-order valence-electron chi connectivity index (χ3n) is 5.66. The monoisotopic (exact) mass is 411 g/mol. The Morgan fingerprint density at radius 1 is 1.00 bits per heavy atom. The number of rotatable bonds is 4. The molecule has 0 unspecified atom stereocenters. The predicted octanol–water partition coefficient (Wildman–Crippen LogP) is 3.85. The van der Waals surface area contributed by atoms with E-state index in [2.05, 4.69) is 72.3 Å². The van der Waals surface area contributed by atoms with E-state index in [0.717, 1.165) is 65.6 Å². The van der Waals surface area contributed by atoms with Crippen LogP contribution >= 0.6 is 0 Å². The Morgan fingerprint density at radius 3 is 2.68 bits per heavy atom. The smallest absolute Gasteiger partial charge is 0.180 e. The number of nitrogens with one attached hydrogen (secondary N) is 2. The summed E-state index contributed by atoms with van der Waals surface area (Å²) < 4.78 is 7.51. The Kier molecular flexibility index (Phi) is 4.28. The second-order valence-corrected chi connectivity index (χ2v) is 7.54. The molecule has 0 spiro atoms. The first-order valence-electron chi connectivity index (χ1n) is 10.3. The van der Waals surface area contributed by atoms with Crippen LogP contribution in [0.5, 0.6) is 0 Å². The molecule has 0 atom stereocenters. The lowest BCUT2D eigenvalue weighted by atomic mass is 10.1. The average Bonchev–Trinajstić information content (AvgIpc) is 3.53. The molecule has 8 heteroatoms. The van der Waals surface area contributed by atoms with E-state index in [4.69, 9.17) is 9.72 Å². The number of ether oxygens (including phenoxy) is 1. The largest absolute Gasteiger partial charge is 0.378 e. The molecule has 2 N–H and O–H groups in total. The number of hydrogen-bond donors (Lipinski definition) is 2. The Morgan fingerprint density at radius 2 is 1.87 bits per heavy atom. The number of fused-ring (bicyclic) bond motifs is 3. The highest BCUT2D eigenvalue weighted by molar-refractivity contribution is 5.87. The van der Waals surface area contributed by atoms with Gasteiger partial charge in [0.05, 0.1) is 30.4 Å². The molecule has 0 radical (unpaired) electrons. The zero-order chi connectivity index (χ0) is 20.6. The van der Waals surface area contributed by atoms with E-state index in [9.17, 15) is 0 Å². The van der Waals surface area contributed by atoms with Gasteiger partial charge in [-0.1, -0.05) is 6.07 Å². The van der Waals surface area contributed by atoms with Gasteiger partial charge >= 0.3 is 0 Å². The fraction of sp³-hybridized carbons (Fsp3) is 0.174. The topological polar surface area (TPSA) is 83.4 Å². The fourth-order valence-corrected chi connectivity index (χ4v) is 4.05. The quantitative estimate of drug-likeness (QED) is 0.467. The van der Waals surface area contributed by atoms with Gasteiger partial charge in [0.25, 0.3) is 0 Å². The molecule has 0 saturated carbocycles. The van der Waals surface area contributed by atoms with Crippen molar-refractivity contribution >= 4 is 33.9 Å². The zero-order valence-corrected chi connectivity index (χ0v) is 16.8. The van der Waals surface area contributed by atoms with Gasteiger partial charge in [0.15, 0.2) is 11.5 Å². The second-order valence-electron chi connectivity index (χ2n) is 7.54. The summed E-state index contributed by atoms with van der Waals surface area (Å²) in [6, 6.07) is 14.7. The van der Waals surface area contributed by atoms with Crippen molar-refractivity contribution < 1.29 is 4.74 Å². The first-order chi connectivity index (χ1) is 15.3. The molecule has 4 heterocycles. The van der Waals surface area contributed by atoms with E-state index in [1.165, 1.54) is 5.69 Å². The van der Waals surface area contributed by atoms with Crippen LogP contribution in [0.25, 0.3) is 27.8 Å². The Balaban J connectivity index is 1.36. The molecule has 3 aromatic heterocycles. The van der Waals surface area contributed by atoms with Crippen molar-refractivity contribution in [2.75, 3.05) is 36.5 Å². The molecule has 6 rings (SSSR count). The number of hydrogen-bond acceptors (Lipinski definition) is 6. The molecular formula is C23H21N7O. The highest BCUT2D eigenvalue weighted by Gasteiger charge is 2.13. The number of nitrogens with zero attached hydrogens (tertiary/aromatic N) is 5. The summed E-state index contributed by atoms with van der Waals surface area (Å²) in [7, 11) is 0. The minimum absolute atomic E-state index is 0.723. The van der Waals surface area contributed by atoms with Crippen molar-refractivity contribution in [3.05, 3.63) is 67.3 Å². The first-order valence-corrected chi connectivity index (χ1v) is 10.3. The van der Waals surface area contributed by atoms with E-state index in [1.54, 1.807) is 6.20 Å². The average molecular weight is 411 g/mol. The molecule has 2 aromatic carbocycles. The number of aromatic amines is 1. The van der Waals surface area contributed by atoms with Crippen LogP contribution < -0.4 is 10.2 Å². The number of morpholine rings is 1. The van der Waals surface area contributed by atoms with Gasteiger partial charge in [-0.15, -0.1) is 0 Å². The first kappa shape index (κ1) is 17.9. The fourth-order valence-electron chi connectivity index (χ4n) is 4.05. The third kappa shape index (κ3) is 3.27. The van der Waals surface area contributed by atoms with Crippen molar-refractivity contribution in [2.45, 2.75) is 0 Å². The summed E-state index contributed by atoms with van der Waals surface area (Å²) in [5.74, 6) is 0.723. The Labute approximate surface area is 178 Å². The van der Waals surface area contributed by atoms with Crippen molar-refractivity contribution in [1.29, 1.82) is 0 Å². The van der Waals surface area contributed by atoms with Crippen molar-refractivity contribution in [3.63, 3.8) is 0 Å². The van der Waals surface area contributed by atoms with Crippen LogP contribution in [0.1, 0.15) is 0 Å². The van der Waals surface area contributed by atoms with Crippen molar-refractivity contribution in [1.82, 2.24) is 24.6 Å². The minimum Gasteiger partial charge on any atom is -0.378 e. The third-order valence-corrected chi connectivity index (χ3v) is 5.66. The highest BCUT2D eigenvalue weighted by Crippen LogP contribution is 2.28. The van der Waals surface area contributed by atoms with E-state index in [1.807, 2.05) is 18.6 Å². The summed E-state index contributed by atoms with van der Waals surface area (Å²) in [5, 5.41) is 10.4. The molecule has 0 amide bonds. The molecule has 31 heavy (non-hydrogen) atoms. The highest BCUT2D eigenvalue weighted by atomic mass is 16.5. The normalized spacial score (nSPS) is 14.4. The lowest BCUT2D eigenvalue weighted by molar-refractivity contribution is 0.122. The van der Waals surface area contributed by atoms with E-state index in [-0.39, 0.29) is 0 Å². The van der Waals surface area contributed by atoms with Crippen LogP contribution in [-0.2, 0) is 4.74 Å².